The number of benzene rings is 1. The van der Waals surface area contributed by atoms with Gasteiger partial charge in [0.2, 0.25) is 0 Å². The van der Waals surface area contributed by atoms with E-state index in [9.17, 15) is 9.59 Å². The fourth-order valence-corrected chi connectivity index (χ4v) is 7.21. The number of carbonyl (C=O) groups excluding carboxylic acids is 2. The Morgan fingerprint density at radius 3 is 1.81 bits per heavy atom. The maximum Gasteiger partial charge on any atom is 0.262 e. The first kappa shape index (κ1) is 22.3. The number of hydrogen-bond acceptors (Lipinski definition) is 8. The highest BCUT2D eigenvalue weighted by Crippen LogP contribution is 2.48. The molecular formula is C21H15Br2N3O3S3. The molecule has 32 heavy (non-hydrogen) atoms. The van der Waals surface area contributed by atoms with Gasteiger partial charge in [0.15, 0.2) is 0 Å². The third-order valence-corrected chi connectivity index (χ3v) is 8.89. The van der Waals surface area contributed by atoms with Gasteiger partial charge in [-0.1, -0.05) is 6.92 Å². The molecule has 4 aromatic rings. The van der Waals surface area contributed by atoms with E-state index in [1.54, 1.807) is 0 Å². The molecule has 2 amide bonds. The summed E-state index contributed by atoms with van der Waals surface area (Å²) in [4.78, 5) is 30.3. The summed E-state index contributed by atoms with van der Waals surface area (Å²) < 4.78 is 16.5. The molecule has 1 aliphatic rings. The summed E-state index contributed by atoms with van der Waals surface area (Å²) in [6.45, 7) is 3.13. The summed E-state index contributed by atoms with van der Waals surface area (Å²) >= 11 is 11.1. The molecule has 1 aliphatic heterocycles. The van der Waals surface area contributed by atoms with Gasteiger partial charge in [0, 0.05) is 27.5 Å². The highest BCUT2D eigenvalue weighted by Gasteiger charge is 2.42. The number of amides is 2. The van der Waals surface area contributed by atoms with Crippen LogP contribution in [0, 0.1) is 0 Å². The van der Waals surface area contributed by atoms with Gasteiger partial charge in [-0.2, -0.15) is 8.75 Å². The number of rotatable bonds is 7. The largest absolute Gasteiger partial charge is 0.380 e. The molecule has 5 rings (SSSR count). The van der Waals surface area contributed by atoms with E-state index in [0.717, 1.165) is 35.5 Å². The van der Waals surface area contributed by atoms with Gasteiger partial charge in [0.25, 0.3) is 11.8 Å². The molecule has 6 nitrogen and oxygen atoms in total. The van der Waals surface area contributed by atoms with E-state index in [-0.39, 0.29) is 18.4 Å². The van der Waals surface area contributed by atoms with Crippen LogP contribution < -0.4 is 0 Å². The van der Waals surface area contributed by atoms with Gasteiger partial charge in [0.05, 0.1) is 43.6 Å². The topological polar surface area (TPSA) is 72.4 Å². The lowest BCUT2D eigenvalue weighted by atomic mass is 9.93. The van der Waals surface area contributed by atoms with E-state index < -0.39 is 0 Å². The van der Waals surface area contributed by atoms with Crippen LogP contribution in [0.3, 0.4) is 0 Å². The number of nitrogens with zero attached hydrogens (tertiary/aromatic N) is 3. The minimum atomic E-state index is -0.309. The molecule has 0 fully saturated rings. The highest BCUT2D eigenvalue weighted by atomic mass is 79.9. The molecule has 1 aromatic carbocycles. The van der Waals surface area contributed by atoms with Crippen LogP contribution in [0.4, 0.5) is 0 Å². The van der Waals surface area contributed by atoms with Crippen molar-refractivity contribution in [1.29, 1.82) is 0 Å². The van der Waals surface area contributed by atoms with Crippen molar-refractivity contribution < 1.29 is 14.3 Å². The SMILES string of the molecule is CCCOCCN1C(=O)c2c(c(-c3ccc(Br)s3)c3nsnc3c2-c2ccc(Br)s2)C1=O. The quantitative estimate of drug-likeness (QED) is 0.172. The molecule has 0 saturated heterocycles. The summed E-state index contributed by atoms with van der Waals surface area (Å²) in [5.74, 6) is -0.618. The molecule has 0 N–H and O–H groups in total. The zero-order valence-electron chi connectivity index (χ0n) is 16.7. The lowest BCUT2D eigenvalue weighted by Crippen LogP contribution is -2.33. The first-order valence-electron chi connectivity index (χ1n) is 9.78. The van der Waals surface area contributed by atoms with Gasteiger partial charge < -0.3 is 4.74 Å². The lowest BCUT2D eigenvalue weighted by Gasteiger charge is -2.13. The van der Waals surface area contributed by atoms with E-state index in [1.807, 2.05) is 31.2 Å². The molecule has 0 spiro atoms. The smallest absolute Gasteiger partial charge is 0.262 e. The summed E-state index contributed by atoms with van der Waals surface area (Å²) in [5.41, 5.74) is 3.45. The minimum absolute atomic E-state index is 0.210. The number of carbonyl (C=O) groups is 2. The Morgan fingerprint density at radius 1 is 0.844 bits per heavy atom. The van der Waals surface area contributed by atoms with Gasteiger partial charge in [-0.15, -0.1) is 22.7 Å². The van der Waals surface area contributed by atoms with Crippen molar-refractivity contribution in [2.75, 3.05) is 19.8 Å². The zero-order valence-corrected chi connectivity index (χ0v) is 22.3. The van der Waals surface area contributed by atoms with Gasteiger partial charge in [-0.25, -0.2) is 0 Å². The Morgan fingerprint density at radius 2 is 1.38 bits per heavy atom. The van der Waals surface area contributed by atoms with E-state index in [2.05, 4.69) is 40.6 Å². The molecule has 3 aromatic heterocycles. The Hall–Kier alpha value is -1.50. The van der Waals surface area contributed by atoms with Crippen LogP contribution >= 0.6 is 66.3 Å². The summed E-state index contributed by atoms with van der Waals surface area (Å²) in [6, 6.07) is 7.74. The van der Waals surface area contributed by atoms with Gasteiger partial charge in [0.1, 0.15) is 11.0 Å². The molecule has 0 saturated carbocycles. The third kappa shape index (κ3) is 3.68. The van der Waals surface area contributed by atoms with Crippen LogP contribution in [0.5, 0.6) is 0 Å². The number of imide groups is 1. The summed E-state index contributed by atoms with van der Waals surface area (Å²) in [6.07, 6.45) is 0.879. The maximum absolute atomic E-state index is 13.6. The minimum Gasteiger partial charge on any atom is -0.380 e. The van der Waals surface area contributed by atoms with Crippen molar-refractivity contribution in [2.45, 2.75) is 13.3 Å². The number of fused-ring (bicyclic) bond motifs is 2. The molecule has 4 heterocycles. The second kappa shape index (κ2) is 9.03. The molecule has 0 radical (unpaired) electrons. The molecule has 11 heteroatoms. The average molecular weight is 613 g/mol. The number of aromatic nitrogens is 2. The zero-order chi connectivity index (χ0) is 22.4. The van der Waals surface area contributed by atoms with Crippen LogP contribution in [-0.2, 0) is 4.74 Å². The van der Waals surface area contributed by atoms with Crippen molar-refractivity contribution in [3.63, 3.8) is 0 Å². The number of thiophene rings is 2. The van der Waals surface area contributed by atoms with Crippen LogP contribution in [0.25, 0.3) is 31.9 Å². The Balaban J connectivity index is 1.76. The summed E-state index contributed by atoms with van der Waals surface area (Å²) in [7, 11) is 0. The standard InChI is InChI=1S/C21H15Br2N3O3S3/c1-2-8-29-9-7-26-20(27)16-14(10-3-5-12(22)30-10)18-19(25-32-24-18)15(17(16)21(26)28)11-4-6-13(23)31-11/h3-6H,2,7-9H2,1H3. The maximum atomic E-state index is 13.6. The first-order valence-corrected chi connectivity index (χ1v) is 13.7. The van der Waals surface area contributed by atoms with Crippen LogP contribution in [-0.4, -0.2) is 45.2 Å². The van der Waals surface area contributed by atoms with Gasteiger partial charge in [-0.3, -0.25) is 14.5 Å². The third-order valence-electron chi connectivity index (χ3n) is 5.08. The van der Waals surface area contributed by atoms with Crippen molar-refractivity contribution in [1.82, 2.24) is 13.6 Å². The monoisotopic (exact) mass is 611 g/mol. The number of halogens is 2. The molecule has 164 valence electrons. The predicted molar refractivity (Wildman–Crippen MR) is 136 cm³/mol. The van der Waals surface area contributed by atoms with Crippen molar-refractivity contribution in [2.24, 2.45) is 0 Å². The van der Waals surface area contributed by atoms with Gasteiger partial charge in [-0.05, 0) is 62.5 Å². The predicted octanol–water partition coefficient (Wildman–Crippen LogP) is 6.70. The number of hydrogen-bond donors (Lipinski definition) is 0. The molecule has 0 atom stereocenters. The molecular weight excluding hydrogens is 598 g/mol. The highest BCUT2D eigenvalue weighted by molar-refractivity contribution is 9.11. The fraction of sp³-hybridized carbons (Fsp3) is 0.238. The van der Waals surface area contributed by atoms with Gasteiger partial charge >= 0.3 is 0 Å². The normalized spacial score (nSPS) is 13.5. The summed E-state index contributed by atoms with van der Waals surface area (Å²) in [5, 5.41) is 0. The van der Waals surface area contributed by atoms with Crippen LogP contribution in [0.2, 0.25) is 0 Å². The van der Waals surface area contributed by atoms with E-state index in [4.69, 9.17) is 4.74 Å². The molecule has 0 aliphatic carbocycles. The van der Waals surface area contributed by atoms with Crippen molar-refractivity contribution in [3.05, 3.63) is 43.0 Å². The van der Waals surface area contributed by atoms with E-state index >= 15 is 0 Å². The first-order chi connectivity index (χ1) is 15.5. The Kier molecular flexibility index (Phi) is 6.30. The fourth-order valence-electron chi connectivity index (χ4n) is 3.78. The number of ether oxygens (including phenoxy) is 1. The second-order valence-corrected chi connectivity index (χ2v) is 12.5. The van der Waals surface area contributed by atoms with Crippen molar-refractivity contribution >= 4 is 89.1 Å². The Labute approximate surface area is 212 Å². The average Bonchev–Trinajstić information content (AvgIpc) is 3.55. The molecule has 0 unspecified atom stereocenters. The van der Waals surface area contributed by atoms with Crippen LogP contribution in [0.15, 0.2) is 31.8 Å². The van der Waals surface area contributed by atoms with Crippen LogP contribution in [0.1, 0.15) is 34.1 Å². The van der Waals surface area contributed by atoms with Crippen molar-refractivity contribution in [3.8, 4) is 20.9 Å². The Bertz CT molecular complexity index is 1270. The van der Waals surface area contributed by atoms with E-state index in [1.165, 1.54) is 27.6 Å². The lowest BCUT2D eigenvalue weighted by molar-refractivity contribution is 0.0564. The van der Waals surface area contributed by atoms with E-state index in [0.29, 0.717) is 46.5 Å². The second-order valence-electron chi connectivity index (χ2n) is 7.04. The molecule has 0 bridgehead atoms.